The van der Waals surface area contributed by atoms with E-state index in [0.29, 0.717) is 32.2 Å². The average molecular weight is 642 g/mol. The van der Waals surface area contributed by atoms with E-state index in [1.165, 1.54) is 18.2 Å². The fraction of sp³-hybridized carbons (Fsp3) is 0.242. The minimum atomic E-state index is -4.82. The molecule has 5 rings (SSSR count). The molecule has 1 fully saturated rings. The Morgan fingerprint density at radius 2 is 1.39 bits per heavy atom. The number of carbonyl (C=O) groups is 1. The van der Waals surface area contributed by atoms with Crippen molar-refractivity contribution in [3.8, 4) is 0 Å². The highest BCUT2D eigenvalue weighted by molar-refractivity contribution is 7.92. The second-order valence-electron chi connectivity index (χ2n) is 10.6. The number of nitrogens with zero attached hydrogens (tertiary/aromatic N) is 3. The molecule has 0 aliphatic carbocycles. The van der Waals surface area contributed by atoms with Gasteiger partial charge < -0.3 is 4.90 Å². The number of piperazine rings is 1. The molecule has 0 N–H and O–H groups in total. The molecule has 6 nitrogen and oxygen atoms in total. The lowest BCUT2D eigenvalue weighted by Crippen LogP contribution is -2.52. The van der Waals surface area contributed by atoms with Crippen LogP contribution in [-0.2, 0) is 21.0 Å². The van der Waals surface area contributed by atoms with Crippen LogP contribution in [0, 0.1) is 6.92 Å². The summed E-state index contributed by atoms with van der Waals surface area (Å²) in [6.45, 7) is 2.79. The van der Waals surface area contributed by atoms with Crippen LogP contribution in [0.1, 0.15) is 28.3 Å². The van der Waals surface area contributed by atoms with E-state index in [-0.39, 0.29) is 16.6 Å². The first-order valence-electron chi connectivity index (χ1n) is 14.0. The fourth-order valence-corrected chi connectivity index (χ4v) is 7.01. The third kappa shape index (κ3) is 6.93. The largest absolute Gasteiger partial charge is 0.417 e. The van der Waals surface area contributed by atoms with Crippen LogP contribution in [-0.4, -0.2) is 56.8 Å². The van der Waals surface area contributed by atoms with Gasteiger partial charge in [-0.2, -0.15) is 13.2 Å². The molecule has 1 saturated heterocycles. The van der Waals surface area contributed by atoms with Crippen LogP contribution in [0.3, 0.4) is 0 Å². The van der Waals surface area contributed by atoms with Crippen LogP contribution in [0.15, 0.2) is 108 Å². The summed E-state index contributed by atoms with van der Waals surface area (Å²) < 4.78 is 69.5. The number of halogens is 4. The van der Waals surface area contributed by atoms with Crippen LogP contribution < -0.4 is 4.31 Å². The van der Waals surface area contributed by atoms with Crippen molar-refractivity contribution in [2.45, 2.75) is 24.0 Å². The van der Waals surface area contributed by atoms with Crippen LogP contribution in [0.25, 0.3) is 0 Å². The standard InChI is InChI=1S/C33H31ClF3N3O3S/c1-24-12-15-28(16-13-24)44(42,43)40(27-14-17-30(34)29(22-27)33(35,36)37)23-31(41)38-18-20-39(21-19-38)32(25-8-4-2-5-9-25)26-10-6-3-7-11-26/h2-17,22,32H,18-21,23H2,1H3. The maximum atomic E-state index is 13.8. The first-order chi connectivity index (χ1) is 20.9. The molecule has 1 amide bonds. The number of aryl methyl sites for hydroxylation is 1. The Morgan fingerprint density at radius 3 is 1.91 bits per heavy atom. The van der Waals surface area contributed by atoms with E-state index in [1.807, 2.05) is 36.4 Å². The Labute approximate surface area is 260 Å². The predicted octanol–water partition coefficient (Wildman–Crippen LogP) is 6.80. The molecule has 1 heterocycles. The molecule has 0 aromatic heterocycles. The molecule has 0 spiro atoms. The van der Waals surface area contributed by atoms with Crippen molar-refractivity contribution < 1.29 is 26.4 Å². The van der Waals surface area contributed by atoms with E-state index in [4.69, 9.17) is 11.6 Å². The summed E-state index contributed by atoms with van der Waals surface area (Å²) in [5.41, 5.74) is 1.53. The first-order valence-corrected chi connectivity index (χ1v) is 15.8. The van der Waals surface area contributed by atoms with Gasteiger partial charge in [-0.3, -0.25) is 14.0 Å². The highest BCUT2D eigenvalue weighted by atomic mass is 35.5. The second-order valence-corrected chi connectivity index (χ2v) is 12.9. The van der Waals surface area contributed by atoms with Gasteiger partial charge in [-0.05, 0) is 48.4 Å². The van der Waals surface area contributed by atoms with E-state index in [9.17, 15) is 26.4 Å². The molecule has 4 aromatic rings. The molecule has 4 aromatic carbocycles. The Kier molecular flexibility index (Phi) is 9.34. The average Bonchev–Trinajstić information content (AvgIpc) is 3.01. The Balaban J connectivity index is 1.40. The van der Waals surface area contributed by atoms with Crippen molar-refractivity contribution in [1.29, 1.82) is 0 Å². The zero-order valence-corrected chi connectivity index (χ0v) is 25.5. The molecule has 0 saturated carbocycles. The molecule has 1 aliphatic rings. The van der Waals surface area contributed by atoms with Gasteiger partial charge in [0.1, 0.15) is 6.54 Å². The van der Waals surface area contributed by atoms with Gasteiger partial charge >= 0.3 is 6.18 Å². The second kappa shape index (κ2) is 13.0. The normalized spacial score (nSPS) is 14.5. The lowest BCUT2D eigenvalue weighted by molar-refractivity contribution is -0.137. The summed E-state index contributed by atoms with van der Waals surface area (Å²) >= 11 is 5.82. The van der Waals surface area contributed by atoms with Gasteiger partial charge in [-0.25, -0.2) is 8.42 Å². The number of alkyl halides is 3. The molecule has 1 aliphatic heterocycles. The number of carbonyl (C=O) groups excluding carboxylic acids is 1. The molecular weight excluding hydrogens is 611 g/mol. The molecule has 44 heavy (non-hydrogen) atoms. The number of amides is 1. The van der Waals surface area contributed by atoms with Gasteiger partial charge in [0.25, 0.3) is 10.0 Å². The molecule has 11 heteroatoms. The van der Waals surface area contributed by atoms with Gasteiger partial charge in [-0.15, -0.1) is 0 Å². The molecular formula is C33H31ClF3N3O3S. The topological polar surface area (TPSA) is 60.9 Å². The third-order valence-corrected chi connectivity index (χ3v) is 9.81. The maximum Gasteiger partial charge on any atom is 0.417 e. The van der Waals surface area contributed by atoms with Crippen molar-refractivity contribution in [3.63, 3.8) is 0 Å². The van der Waals surface area contributed by atoms with Gasteiger partial charge in [-0.1, -0.05) is 90.0 Å². The Hall–Kier alpha value is -3.86. The highest BCUT2D eigenvalue weighted by Crippen LogP contribution is 2.38. The van der Waals surface area contributed by atoms with E-state index >= 15 is 0 Å². The number of rotatable bonds is 8. The highest BCUT2D eigenvalue weighted by Gasteiger charge is 2.36. The van der Waals surface area contributed by atoms with Gasteiger partial charge in [0.2, 0.25) is 5.91 Å². The summed E-state index contributed by atoms with van der Waals surface area (Å²) in [4.78, 5) is 17.3. The zero-order chi connectivity index (χ0) is 31.5. The third-order valence-electron chi connectivity index (χ3n) is 7.69. The number of hydrogen-bond acceptors (Lipinski definition) is 4. The minimum Gasteiger partial charge on any atom is -0.339 e. The van der Waals surface area contributed by atoms with E-state index in [1.54, 1.807) is 24.0 Å². The number of sulfonamides is 1. The van der Waals surface area contributed by atoms with E-state index in [0.717, 1.165) is 27.1 Å². The van der Waals surface area contributed by atoms with Crippen molar-refractivity contribution >= 4 is 33.2 Å². The molecule has 0 atom stereocenters. The SMILES string of the molecule is Cc1ccc(S(=O)(=O)N(CC(=O)N2CCN(C(c3ccccc3)c3ccccc3)CC2)c2ccc(Cl)c(C(F)(F)F)c2)cc1. The lowest BCUT2D eigenvalue weighted by Gasteiger charge is -2.40. The van der Waals surface area contributed by atoms with Crippen LogP contribution >= 0.6 is 11.6 Å². The van der Waals surface area contributed by atoms with Gasteiger partial charge in [0.05, 0.1) is 27.2 Å². The number of anilines is 1. The van der Waals surface area contributed by atoms with Crippen molar-refractivity contribution in [1.82, 2.24) is 9.80 Å². The molecule has 0 bridgehead atoms. The van der Waals surface area contributed by atoms with E-state index in [2.05, 4.69) is 29.2 Å². The van der Waals surface area contributed by atoms with Crippen molar-refractivity contribution in [2.24, 2.45) is 0 Å². The van der Waals surface area contributed by atoms with Crippen molar-refractivity contribution in [3.05, 3.63) is 130 Å². The zero-order valence-electron chi connectivity index (χ0n) is 23.9. The van der Waals surface area contributed by atoms with Crippen LogP contribution in [0.5, 0.6) is 0 Å². The summed E-state index contributed by atoms with van der Waals surface area (Å²) in [5, 5.41) is -0.567. The summed E-state index contributed by atoms with van der Waals surface area (Å²) in [6, 6.07) is 28.8. The lowest BCUT2D eigenvalue weighted by atomic mass is 9.96. The summed E-state index contributed by atoms with van der Waals surface area (Å²) in [6.07, 6.45) is -4.82. The van der Waals surface area contributed by atoms with Crippen LogP contribution in [0.4, 0.5) is 18.9 Å². The van der Waals surface area contributed by atoms with Crippen LogP contribution in [0.2, 0.25) is 5.02 Å². The Bertz CT molecular complexity index is 1660. The summed E-state index contributed by atoms with van der Waals surface area (Å²) in [5.74, 6) is -0.514. The first kappa shape index (κ1) is 31.6. The van der Waals surface area contributed by atoms with Gasteiger partial charge in [0, 0.05) is 26.2 Å². The molecule has 0 unspecified atom stereocenters. The quantitative estimate of drug-likeness (QED) is 0.212. The fourth-order valence-electron chi connectivity index (χ4n) is 5.38. The molecule has 0 radical (unpaired) electrons. The minimum absolute atomic E-state index is 0.0390. The molecule has 230 valence electrons. The van der Waals surface area contributed by atoms with E-state index < -0.39 is 39.2 Å². The number of hydrogen-bond donors (Lipinski definition) is 0. The smallest absolute Gasteiger partial charge is 0.339 e. The van der Waals surface area contributed by atoms with Crippen molar-refractivity contribution in [2.75, 3.05) is 37.0 Å². The monoisotopic (exact) mass is 641 g/mol. The Morgan fingerprint density at radius 1 is 0.841 bits per heavy atom. The summed E-state index contributed by atoms with van der Waals surface area (Å²) in [7, 11) is -4.41. The maximum absolute atomic E-state index is 13.8. The number of benzene rings is 4. The van der Waals surface area contributed by atoms with Gasteiger partial charge in [0.15, 0.2) is 0 Å². The predicted molar refractivity (Wildman–Crippen MR) is 165 cm³/mol.